The molecular weight excluding hydrogens is 262 g/mol. The average molecular weight is 283 g/mol. The van der Waals surface area contributed by atoms with E-state index in [1.807, 2.05) is 37.2 Å². The maximum atomic E-state index is 12.0. The molecular formula is C14H21NO3S. The van der Waals surface area contributed by atoms with Gasteiger partial charge in [0.25, 0.3) is 0 Å². The predicted octanol–water partition coefficient (Wildman–Crippen LogP) is 2.15. The fraction of sp³-hybridized carbons (Fsp3) is 0.500. The van der Waals surface area contributed by atoms with E-state index in [-0.39, 0.29) is 23.7 Å². The summed E-state index contributed by atoms with van der Waals surface area (Å²) in [6, 6.07) is 7.37. The number of Topliss-reactive ketones (excluding diaryl/α,β-unsaturated/α-hetero) is 1. The smallest absolute Gasteiger partial charge is 0.162 e. The molecule has 0 atom stereocenters. The summed E-state index contributed by atoms with van der Waals surface area (Å²) in [6.07, 6.45) is 0.664. The summed E-state index contributed by atoms with van der Waals surface area (Å²) in [5.41, 5.74) is 1.60. The lowest BCUT2D eigenvalue weighted by Gasteiger charge is -2.13. The Hall–Kier alpha value is -1.36. The van der Waals surface area contributed by atoms with Gasteiger partial charge >= 0.3 is 0 Å². The highest BCUT2D eigenvalue weighted by Gasteiger charge is 2.11. The molecule has 0 aliphatic heterocycles. The summed E-state index contributed by atoms with van der Waals surface area (Å²) < 4.78 is 22.7. The van der Waals surface area contributed by atoms with Crippen LogP contribution in [0.15, 0.2) is 24.3 Å². The summed E-state index contributed by atoms with van der Waals surface area (Å²) in [5, 5.41) is 0. The number of benzene rings is 1. The normalized spacial score (nSPS) is 11.3. The Morgan fingerprint density at radius 1 is 1.26 bits per heavy atom. The Kier molecular flexibility index (Phi) is 5.54. The molecule has 0 saturated carbocycles. The molecule has 1 aromatic rings. The van der Waals surface area contributed by atoms with Crippen molar-refractivity contribution in [2.45, 2.75) is 19.8 Å². The fourth-order valence-electron chi connectivity index (χ4n) is 1.70. The first-order chi connectivity index (χ1) is 8.85. The molecule has 4 nitrogen and oxygen atoms in total. The Bertz CT molecular complexity index is 535. The first kappa shape index (κ1) is 15.7. The van der Waals surface area contributed by atoms with Crippen molar-refractivity contribution in [1.29, 1.82) is 0 Å². The minimum absolute atomic E-state index is 0.00463. The summed E-state index contributed by atoms with van der Waals surface area (Å²) in [4.78, 5) is 13.9. The predicted molar refractivity (Wildman–Crippen MR) is 78.7 cm³/mol. The van der Waals surface area contributed by atoms with Crippen LogP contribution in [0.4, 0.5) is 5.69 Å². The molecule has 0 unspecified atom stereocenters. The SMILES string of the molecule is CCS(=O)(=O)CCCC(=O)c1cccc(N(C)C)c1. The van der Waals surface area contributed by atoms with Crippen LogP contribution in [0.5, 0.6) is 0 Å². The summed E-state index contributed by atoms with van der Waals surface area (Å²) in [6.45, 7) is 1.62. The van der Waals surface area contributed by atoms with Gasteiger partial charge in [0.05, 0.1) is 5.75 Å². The average Bonchev–Trinajstić information content (AvgIpc) is 2.38. The molecule has 0 spiro atoms. The maximum absolute atomic E-state index is 12.0. The fourth-order valence-corrected chi connectivity index (χ4v) is 2.57. The Morgan fingerprint density at radius 2 is 1.95 bits per heavy atom. The van der Waals surface area contributed by atoms with Crippen LogP contribution < -0.4 is 4.90 Å². The molecule has 0 aliphatic rings. The van der Waals surface area contributed by atoms with Crippen LogP contribution in [0.25, 0.3) is 0 Å². The van der Waals surface area contributed by atoms with Gasteiger partial charge in [0.2, 0.25) is 0 Å². The second-order valence-corrected chi connectivity index (χ2v) is 7.18. The van der Waals surface area contributed by atoms with Gasteiger partial charge in [-0.2, -0.15) is 0 Å². The number of carbonyl (C=O) groups excluding carboxylic acids is 1. The standard InChI is InChI=1S/C14H21NO3S/c1-4-19(17,18)10-6-9-14(16)12-7-5-8-13(11-12)15(2)3/h5,7-8,11H,4,6,9-10H2,1-3H3. The lowest BCUT2D eigenvalue weighted by Crippen LogP contribution is -2.11. The highest BCUT2D eigenvalue weighted by Crippen LogP contribution is 2.15. The second kappa shape index (κ2) is 6.70. The molecule has 0 N–H and O–H groups in total. The molecule has 0 bridgehead atoms. The van der Waals surface area contributed by atoms with E-state index >= 15 is 0 Å². The van der Waals surface area contributed by atoms with Gasteiger partial charge in [0, 0.05) is 37.5 Å². The van der Waals surface area contributed by atoms with Gasteiger partial charge in [-0.3, -0.25) is 4.79 Å². The molecule has 0 heterocycles. The number of carbonyl (C=O) groups is 1. The summed E-state index contributed by atoms with van der Waals surface area (Å²) in [7, 11) is 0.849. The van der Waals surface area contributed by atoms with Crippen molar-refractivity contribution in [1.82, 2.24) is 0 Å². The Labute approximate surface area is 115 Å². The van der Waals surface area contributed by atoms with Crippen molar-refractivity contribution >= 4 is 21.3 Å². The van der Waals surface area contributed by atoms with Crippen LogP contribution in [0, 0.1) is 0 Å². The molecule has 0 saturated heterocycles. The van der Waals surface area contributed by atoms with Crippen molar-refractivity contribution < 1.29 is 13.2 Å². The third-order valence-corrected chi connectivity index (χ3v) is 4.77. The first-order valence-corrected chi connectivity index (χ1v) is 8.19. The van der Waals surface area contributed by atoms with Crippen molar-refractivity contribution in [3.63, 3.8) is 0 Å². The van der Waals surface area contributed by atoms with Crippen molar-refractivity contribution in [2.24, 2.45) is 0 Å². The molecule has 0 radical (unpaired) electrons. The van der Waals surface area contributed by atoms with E-state index in [0.717, 1.165) is 5.69 Å². The highest BCUT2D eigenvalue weighted by atomic mass is 32.2. The van der Waals surface area contributed by atoms with Gasteiger partial charge in [0.1, 0.15) is 9.84 Å². The van der Waals surface area contributed by atoms with Crippen LogP contribution in [-0.4, -0.2) is 39.8 Å². The molecule has 1 rings (SSSR count). The van der Waals surface area contributed by atoms with Gasteiger partial charge in [0.15, 0.2) is 5.78 Å². The molecule has 0 aliphatic carbocycles. The summed E-state index contributed by atoms with van der Waals surface area (Å²) in [5.74, 6) is 0.218. The maximum Gasteiger partial charge on any atom is 0.162 e. The first-order valence-electron chi connectivity index (χ1n) is 6.36. The van der Waals surface area contributed by atoms with Crippen LogP contribution in [0.3, 0.4) is 0 Å². The molecule has 19 heavy (non-hydrogen) atoms. The lowest BCUT2D eigenvalue weighted by molar-refractivity contribution is 0.0982. The van der Waals surface area contributed by atoms with Crippen LogP contribution in [0.1, 0.15) is 30.1 Å². The minimum Gasteiger partial charge on any atom is -0.378 e. The van der Waals surface area contributed by atoms with Crippen LogP contribution in [0.2, 0.25) is 0 Å². The number of hydrogen-bond acceptors (Lipinski definition) is 4. The van der Waals surface area contributed by atoms with Crippen molar-refractivity contribution in [3.8, 4) is 0 Å². The van der Waals surface area contributed by atoms with Gasteiger partial charge in [-0.15, -0.1) is 0 Å². The molecule has 0 amide bonds. The molecule has 1 aromatic carbocycles. The number of nitrogens with zero attached hydrogens (tertiary/aromatic N) is 1. The van der Waals surface area contributed by atoms with Crippen LogP contribution >= 0.6 is 0 Å². The largest absolute Gasteiger partial charge is 0.378 e. The van der Waals surface area contributed by atoms with E-state index in [9.17, 15) is 13.2 Å². The number of sulfone groups is 1. The summed E-state index contributed by atoms with van der Waals surface area (Å²) >= 11 is 0. The van der Waals surface area contributed by atoms with Gasteiger partial charge in [-0.25, -0.2) is 8.42 Å². The topological polar surface area (TPSA) is 54.5 Å². The van der Waals surface area contributed by atoms with E-state index < -0.39 is 9.84 Å². The van der Waals surface area contributed by atoms with Gasteiger partial charge < -0.3 is 4.90 Å². The van der Waals surface area contributed by atoms with Crippen molar-refractivity contribution in [3.05, 3.63) is 29.8 Å². The second-order valence-electron chi connectivity index (χ2n) is 4.71. The third-order valence-electron chi connectivity index (χ3n) is 2.98. The molecule has 0 fully saturated rings. The number of ketones is 1. The number of rotatable bonds is 7. The molecule has 0 aromatic heterocycles. The quantitative estimate of drug-likeness (QED) is 0.720. The van der Waals surface area contributed by atoms with Crippen molar-refractivity contribution in [2.75, 3.05) is 30.5 Å². The highest BCUT2D eigenvalue weighted by molar-refractivity contribution is 7.91. The zero-order valence-electron chi connectivity index (χ0n) is 11.7. The van der Waals surface area contributed by atoms with Crippen LogP contribution in [-0.2, 0) is 9.84 Å². The number of anilines is 1. The van der Waals surface area contributed by atoms with E-state index in [0.29, 0.717) is 12.0 Å². The van der Waals surface area contributed by atoms with E-state index in [1.165, 1.54) is 0 Å². The number of hydrogen-bond donors (Lipinski definition) is 0. The Balaban J connectivity index is 2.61. The van der Waals surface area contributed by atoms with E-state index in [4.69, 9.17) is 0 Å². The molecule has 5 heteroatoms. The van der Waals surface area contributed by atoms with Gasteiger partial charge in [-0.05, 0) is 18.6 Å². The van der Waals surface area contributed by atoms with E-state index in [1.54, 1.807) is 13.0 Å². The minimum atomic E-state index is -2.98. The zero-order valence-corrected chi connectivity index (χ0v) is 12.5. The zero-order chi connectivity index (χ0) is 14.5. The third kappa shape index (κ3) is 5.03. The monoisotopic (exact) mass is 283 g/mol. The Morgan fingerprint density at radius 3 is 2.53 bits per heavy atom. The lowest BCUT2D eigenvalue weighted by atomic mass is 10.1. The van der Waals surface area contributed by atoms with E-state index in [2.05, 4.69) is 0 Å². The van der Waals surface area contributed by atoms with Gasteiger partial charge in [-0.1, -0.05) is 19.1 Å². The molecule has 106 valence electrons.